The molecule has 2 aromatic rings. The number of ether oxygens (including phenoxy) is 1. The van der Waals surface area contributed by atoms with Crippen molar-refractivity contribution in [3.8, 4) is 5.75 Å². The Morgan fingerprint density at radius 2 is 1.96 bits per heavy atom. The summed E-state index contributed by atoms with van der Waals surface area (Å²) in [4.78, 5) is 26.0. The fraction of sp³-hybridized carbons (Fsp3) is 0.391. The van der Waals surface area contributed by atoms with Crippen LogP contribution in [0.3, 0.4) is 0 Å². The summed E-state index contributed by atoms with van der Waals surface area (Å²) in [5.74, 6) is 0.827. The van der Waals surface area contributed by atoms with Crippen molar-refractivity contribution < 1.29 is 14.3 Å². The van der Waals surface area contributed by atoms with Crippen LogP contribution in [0.15, 0.2) is 48.5 Å². The number of carbonyl (C=O) groups excluding carboxylic acids is 2. The van der Waals surface area contributed by atoms with Crippen molar-refractivity contribution >= 4 is 23.3 Å². The Morgan fingerprint density at radius 3 is 2.64 bits per heavy atom. The molecule has 3 rings (SSSR count). The Bertz CT molecular complexity index is 834. The van der Waals surface area contributed by atoms with Crippen molar-refractivity contribution in [3.05, 3.63) is 64.7 Å². The molecule has 5 heteroatoms. The molecule has 148 valence electrons. The number of amides is 1. The van der Waals surface area contributed by atoms with E-state index in [2.05, 4.69) is 0 Å². The molecule has 2 aromatic carbocycles. The molecular weight excluding hydrogens is 374 g/mol. The van der Waals surface area contributed by atoms with Gasteiger partial charge < -0.3 is 14.4 Å². The van der Waals surface area contributed by atoms with E-state index < -0.39 is 6.10 Å². The number of carbonyl (C=O) groups is 2. The molecule has 2 atom stereocenters. The van der Waals surface area contributed by atoms with Crippen molar-refractivity contribution in [1.82, 2.24) is 4.90 Å². The molecule has 0 saturated carbocycles. The molecule has 0 aromatic heterocycles. The fourth-order valence-electron chi connectivity index (χ4n) is 3.63. The van der Waals surface area contributed by atoms with Gasteiger partial charge in [0.25, 0.3) is 5.91 Å². The minimum absolute atomic E-state index is 0.0110. The van der Waals surface area contributed by atoms with Gasteiger partial charge in [-0.3, -0.25) is 4.79 Å². The molecule has 1 saturated heterocycles. The number of halogens is 1. The molecule has 1 aliphatic rings. The quantitative estimate of drug-likeness (QED) is 0.658. The second-order valence-corrected chi connectivity index (χ2v) is 7.79. The SMILES string of the molecule is CC(=O)CCc1ccc(OC(C)C(=O)N2CCCC2c2cccc(Cl)c2)cc1. The van der Waals surface area contributed by atoms with E-state index in [0.717, 1.165) is 36.9 Å². The number of Topliss-reactive ketones (excluding diaryl/α,β-unsaturated/α-hetero) is 1. The van der Waals surface area contributed by atoms with Crippen LogP contribution < -0.4 is 4.74 Å². The summed E-state index contributed by atoms with van der Waals surface area (Å²) in [5.41, 5.74) is 2.16. The number of aryl methyl sites for hydroxylation is 1. The highest BCUT2D eigenvalue weighted by Gasteiger charge is 2.33. The largest absolute Gasteiger partial charge is 0.481 e. The van der Waals surface area contributed by atoms with Crippen LogP contribution in [0.2, 0.25) is 5.02 Å². The van der Waals surface area contributed by atoms with Crippen molar-refractivity contribution in [3.63, 3.8) is 0 Å². The maximum Gasteiger partial charge on any atom is 0.263 e. The lowest BCUT2D eigenvalue weighted by Crippen LogP contribution is -2.40. The molecule has 0 radical (unpaired) electrons. The smallest absolute Gasteiger partial charge is 0.263 e. The second-order valence-electron chi connectivity index (χ2n) is 7.35. The first kappa shape index (κ1) is 20.4. The van der Waals surface area contributed by atoms with E-state index in [-0.39, 0.29) is 17.7 Å². The number of ketones is 1. The maximum absolute atomic E-state index is 13.0. The van der Waals surface area contributed by atoms with Gasteiger partial charge in [0.2, 0.25) is 0 Å². The predicted octanol–water partition coefficient (Wildman–Crippen LogP) is 4.99. The molecule has 28 heavy (non-hydrogen) atoms. The number of nitrogens with zero attached hydrogens (tertiary/aromatic N) is 1. The van der Waals surface area contributed by atoms with Crippen LogP contribution in [0.4, 0.5) is 0 Å². The van der Waals surface area contributed by atoms with E-state index in [1.807, 2.05) is 53.4 Å². The van der Waals surface area contributed by atoms with Gasteiger partial charge in [0.1, 0.15) is 11.5 Å². The summed E-state index contributed by atoms with van der Waals surface area (Å²) in [5, 5.41) is 0.686. The molecule has 1 heterocycles. The topological polar surface area (TPSA) is 46.6 Å². The third-order valence-electron chi connectivity index (χ3n) is 5.12. The van der Waals surface area contributed by atoms with E-state index in [0.29, 0.717) is 17.2 Å². The van der Waals surface area contributed by atoms with Crippen LogP contribution in [0.5, 0.6) is 5.75 Å². The Hall–Kier alpha value is -2.33. The Labute approximate surface area is 171 Å². The number of hydrogen-bond donors (Lipinski definition) is 0. The summed E-state index contributed by atoms with van der Waals surface area (Å²) in [7, 11) is 0. The van der Waals surface area contributed by atoms with E-state index >= 15 is 0 Å². The molecule has 0 N–H and O–H groups in total. The lowest BCUT2D eigenvalue weighted by atomic mass is 10.0. The zero-order valence-electron chi connectivity index (χ0n) is 16.4. The molecule has 1 aliphatic heterocycles. The minimum atomic E-state index is -0.567. The van der Waals surface area contributed by atoms with Crippen LogP contribution in [0.25, 0.3) is 0 Å². The highest BCUT2D eigenvalue weighted by Crippen LogP contribution is 2.33. The van der Waals surface area contributed by atoms with Crippen LogP contribution in [-0.2, 0) is 16.0 Å². The van der Waals surface area contributed by atoms with Gasteiger partial charge in [0.05, 0.1) is 6.04 Å². The van der Waals surface area contributed by atoms with Gasteiger partial charge >= 0.3 is 0 Å². The minimum Gasteiger partial charge on any atom is -0.481 e. The van der Waals surface area contributed by atoms with Crippen molar-refractivity contribution in [1.29, 1.82) is 0 Å². The number of likely N-dealkylation sites (tertiary alicyclic amines) is 1. The molecule has 1 amide bonds. The van der Waals surface area contributed by atoms with Gasteiger partial charge in [-0.2, -0.15) is 0 Å². The lowest BCUT2D eigenvalue weighted by Gasteiger charge is -2.28. The van der Waals surface area contributed by atoms with Gasteiger partial charge in [0.15, 0.2) is 6.10 Å². The summed E-state index contributed by atoms with van der Waals surface area (Å²) < 4.78 is 5.89. The first-order valence-electron chi connectivity index (χ1n) is 9.75. The van der Waals surface area contributed by atoms with E-state index in [1.54, 1.807) is 13.8 Å². The average Bonchev–Trinajstić information content (AvgIpc) is 3.16. The second kappa shape index (κ2) is 9.24. The molecular formula is C23H26ClNO3. The Balaban J connectivity index is 1.62. The third-order valence-corrected chi connectivity index (χ3v) is 5.35. The zero-order chi connectivity index (χ0) is 20.1. The zero-order valence-corrected chi connectivity index (χ0v) is 17.1. The Kier molecular flexibility index (Phi) is 6.74. The molecule has 4 nitrogen and oxygen atoms in total. The van der Waals surface area contributed by atoms with Crippen molar-refractivity contribution in [2.75, 3.05) is 6.54 Å². The molecule has 0 aliphatic carbocycles. The molecule has 2 unspecified atom stereocenters. The highest BCUT2D eigenvalue weighted by molar-refractivity contribution is 6.30. The first-order chi connectivity index (χ1) is 13.4. The van der Waals surface area contributed by atoms with Crippen LogP contribution in [0.1, 0.15) is 50.3 Å². The number of hydrogen-bond acceptors (Lipinski definition) is 3. The van der Waals surface area contributed by atoms with E-state index in [1.165, 1.54) is 0 Å². The molecule has 0 bridgehead atoms. The lowest BCUT2D eigenvalue weighted by molar-refractivity contribution is -0.139. The van der Waals surface area contributed by atoms with Crippen LogP contribution in [-0.4, -0.2) is 29.2 Å². The van der Waals surface area contributed by atoms with Gasteiger partial charge in [-0.1, -0.05) is 35.9 Å². The Morgan fingerprint density at radius 1 is 1.21 bits per heavy atom. The number of benzene rings is 2. The maximum atomic E-state index is 13.0. The number of rotatable bonds is 7. The van der Waals surface area contributed by atoms with Crippen LogP contribution in [0, 0.1) is 0 Å². The predicted molar refractivity (Wildman–Crippen MR) is 111 cm³/mol. The summed E-state index contributed by atoms with van der Waals surface area (Å²) in [6.07, 6.45) is 2.60. The van der Waals surface area contributed by atoms with Gasteiger partial charge in [-0.15, -0.1) is 0 Å². The average molecular weight is 400 g/mol. The first-order valence-corrected chi connectivity index (χ1v) is 10.1. The van der Waals surface area contributed by atoms with E-state index in [9.17, 15) is 9.59 Å². The summed E-state index contributed by atoms with van der Waals surface area (Å²) in [6, 6.07) is 15.4. The summed E-state index contributed by atoms with van der Waals surface area (Å²) in [6.45, 7) is 4.12. The van der Waals surface area contributed by atoms with E-state index in [4.69, 9.17) is 16.3 Å². The van der Waals surface area contributed by atoms with Gasteiger partial charge in [0, 0.05) is 18.0 Å². The van der Waals surface area contributed by atoms with Gasteiger partial charge in [-0.25, -0.2) is 0 Å². The monoisotopic (exact) mass is 399 g/mol. The molecule has 0 spiro atoms. The fourth-order valence-corrected chi connectivity index (χ4v) is 3.83. The van der Waals surface area contributed by atoms with Gasteiger partial charge in [-0.05, 0) is 68.5 Å². The highest BCUT2D eigenvalue weighted by atomic mass is 35.5. The van der Waals surface area contributed by atoms with Crippen LogP contribution >= 0.6 is 11.6 Å². The van der Waals surface area contributed by atoms with Crippen molar-refractivity contribution in [2.45, 2.75) is 51.7 Å². The summed E-state index contributed by atoms with van der Waals surface area (Å²) >= 11 is 6.13. The standard InChI is InChI=1S/C23H26ClNO3/c1-16(26)8-9-18-10-12-21(13-11-18)28-17(2)23(27)25-14-4-7-22(25)19-5-3-6-20(24)15-19/h3,5-6,10-13,15,17,22H,4,7-9,14H2,1-2H3. The normalized spacial score (nSPS) is 17.4. The third kappa shape index (κ3) is 5.14. The van der Waals surface area contributed by atoms with Crippen molar-refractivity contribution in [2.24, 2.45) is 0 Å². The molecule has 1 fully saturated rings.